The van der Waals surface area contributed by atoms with Crippen LogP contribution >= 0.6 is 0 Å². The lowest BCUT2D eigenvalue weighted by Gasteiger charge is -2.33. The number of aryl methyl sites for hydroxylation is 1. The van der Waals surface area contributed by atoms with Crippen molar-refractivity contribution >= 4 is 5.96 Å². The van der Waals surface area contributed by atoms with Gasteiger partial charge in [0.1, 0.15) is 17.9 Å². The first kappa shape index (κ1) is 19.2. The summed E-state index contributed by atoms with van der Waals surface area (Å²) in [6.07, 6.45) is 4.62. The predicted molar refractivity (Wildman–Crippen MR) is 107 cm³/mol. The van der Waals surface area contributed by atoms with Crippen molar-refractivity contribution in [1.29, 1.82) is 0 Å². The molecule has 0 aliphatic carbocycles. The van der Waals surface area contributed by atoms with Crippen molar-refractivity contribution < 1.29 is 4.74 Å². The van der Waals surface area contributed by atoms with Gasteiger partial charge in [0.2, 0.25) is 0 Å². The minimum Gasteiger partial charge on any atom is -0.493 e. The summed E-state index contributed by atoms with van der Waals surface area (Å²) in [5.74, 6) is 3.44. The number of nitrogens with zero attached hydrogens (tertiary/aromatic N) is 4. The molecule has 0 unspecified atom stereocenters. The third kappa shape index (κ3) is 5.45. The maximum atomic E-state index is 5.86. The Hall–Kier alpha value is -2.57. The normalized spacial score (nSPS) is 15.8. The van der Waals surface area contributed by atoms with Crippen LogP contribution < -0.4 is 10.1 Å². The molecule has 2 heterocycles. The van der Waals surface area contributed by atoms with Gasteiger partial charge in [0, 0.05) is 38.5 Å². The third-order valence-corrected chi connectivity index (χ3v) is 4.86. The number of aromatic nitrogens is 3. The molecule has 27 heavy (non-hydrogen) atoms. The molecule has 0 radical (unpaired) electrons. The molecule has 1 aliphatic heterocycles. The lowest BCUT2D eigenvalue weighted by atomic mass is 9.96. The molecule has 2 aromatic rings. The Morgan fingerprint density at radius 1 is 1.33 bits per heavy atom. The molecule has 2 N–H and O–H groups in total. The van der Waals surface area contributed by atoms with Gasteiger partial charge in [0.05, 0.1) is 6.61 Å². The maximum absolute atomic E-state index is 5.86. The van der Waals surface area contributed by atoms with Gasteiger partial charge >= 0.3 is 0 Å². The summed E-state index contributed by atoms with van der Waals surface area (Å²) in [5.41, 5.74) is 1.17. The average molecular weight is 371 g/mol. The first-order valence-electron chi connectivity index (χ1n) is 9.85. The van der Waals surface area contributed by atoms with Crippen molar-refractivity contribution in [3.63, 3.8) is 0 Å². The Morgan fingerprint density at radius 2 is 2.15 bits per heavy atom. The van der Waals surface area contributed by atoms with E-state index in [9.17, 15) is 0 Å². The van der Waals surface area contributed by atoms with Crippen molar-refractivity contribution in [3.8, 4) is 5.75 Å². The number of hydrogen-bond donors (Lipinski definition) is 2. The zero-order valence-electron chi connectivity index (χ0n) is 16.3. The Labute approximate surface area is 161 Å². The largest absolute Gasteiger partial charge is 0.493 e. The zero-order chi connectivity index (χ0) is 18.9. The molecule has 146 valence electrons. The third-order valence-electron chi connectivity index (χ3n) is 4.86. The fourth-order valence-corrected chi connectivity index (χ4v) is 3.35. The second-order valence-electron chi connectivity index (χ2n) is 6.84. The van der Waals surface area contributed by atoms with E-state index in [2.05, 4.69) is 45.3 Å². The van der Waals surface area contributed by atoms with Crippen molar-refractivity contribution in [2.75, 3.05) is 32.8 Å². The van der Waals surface area contributed by atoms with Crippen LogP contribution in [0.3, 0.4) is 0 Å². The van der Waals surface area contributed by atoms with Crippen molar-refractivity contribution in [1.82, 2.24) is 25.4 Å². The number of guanidine groups is 1. The molecule has 0 spiro atoms. The van der Waals surface area contributed by atoms with E-state index in [0.717, 1.165) is 63.0 Å². The molecule has 0 atom stereocenters. The van der Waals surface area contributed by atoms with Gasteiger partial charge in [0.25, 0.3) is 0 Å². The van der Waals surface area contributed by atoms with Gasteiger partial charge in [-0.2, -0.15) is 5.10 Å². The number of rotatable bonds is 7. The summed E-state index contributed by atoms with van der Waals surface area (Å²) in [6.45, 7) is 8.46. The number of nitrogens with one attached hydrogen (secondary N) is 2. The van der Waals surface area contributed by atoms with Crippen LogP contribution in [0.1, 0.15) is 43.5 Å². The molecular formula is C20H30N6O. The van der Waals surface area contributed by atoms with Crippen LogP contribution in [0.2, 0.25) is 0 Å². The Morgan fingerprint density at radius 3 is 2.85 bits per heavy atom. The predicted octanol–water partition coefficient (Wildman–Crippen LogP) is 2.73. The van der Waals surface area contributed by atoms with Crippen molar-refractivity contribution in [2.24, 2.45) is 4.99 Å². The van der Waals surface area contributed by atoms with E-state index in [1.165, 1.54) is 5.56 Å². The smallest absolute Gasteiger partial charge is 0.193 e. The van der Waals surface area contributed by atoms with Gasteiger partial charge in [-0.25, -0.2) is 4.98 Å². The number of likely N-dealkylation sites (tertiary alicyclic amines) is 1. The molecular weight excluding hydrogens is 340 g/mol. The van der Waals surface area contributed by atoms with Gasteiger partial charge in [-0.3, -0.25) is 10.1 Å². The summed E-state index contributed by atoms with van der Waals surface area (Å²) in [5, 5.41) is 10.4. The van der Waals surface area contributed by atoms with Crippen LogP contribution in [0, 0.1) is 6.92 Å². The van der Waals surface area contributed by atoms with E-state index in [0.29, 0.717) is 12.5 Å². The molecule has 3 rings (SSSR count). The van der Waals surface area contributed by atoms with Gasteiger partial charge in [-0.05, 0) is 38.3 Å². The first-order valence-corrected chi connectivity index (χ1v) is 9.85. The number of para-hydroxylation sites is 1. The van der Waals surface area contributed by atoms with E-state index in [1.807, 2.05) is 18.2 Å². The van der Waals surface area contributed by atoms with Gasteiger partial charge < -0.3 is 15.0 Å². The van der Waals surface area contributed by atoms with E-state index < -0.39 is 0 Å². The molecule has 1 saturated heterocycles. The number of piperidine rings is 1. The fraction of sp³-hybridized carbons (Fsp3) is 0.550. The summed E-state index contributed by atoms with van der Waals surface area (Å²) in [4.78, 5) is 11.4. The van der Waals surface area contributed by atoms with Crippen LogP contribution in [-0.4, -0.2) is 58.8 Å². The molecule has 0 saturated carbocycles. The second-order valence-corrected chi connectivity index (χ2v) is 6.84. The standard InChI is InChI=1S/C20H30N6O/c1-3-21-20(22-11-6-14-27-18-8-5-4-7-16(18)2)26-12-9-17(10-13-26)19-23-15-24-25-19/h4-5,7-8,15,17H,3,6,9-14H2,1-2H3,(H,21,22)(H,23,24,25). The van der Waals surface area contributed by atoms with Gasteiger partial charge in [0.15, 0.2) is 5.96 Å². The molecule has 1 aromatic heterocycles. The van der Waals surface area contributed by atoms with Crippen molar-refractivity contribution in [3.05, 3.63) is 42.0 Å². The van der Waals surface area contributed by atoms with Crippen LogP contribution in [0.4, 0.5) is 0 Å². The minimum absolute atomic E-state index is 0.467. The van der Waals surface area contributed by atoms with E-state index >= 15 is 0 Å². The molecule has 1 aromatic carbocycles. The Bertz CT molecular complexity index is 707. The molecule has 1 fully saturated rings. The number of aromatic amines is 1. The Balaban J connectivity index is 1.45. The highest BCUT2D eigenvalue weighted by Crippen LogP contribution is 2.24. The average Bonchev–Trinajstić information content (AvgIpc) is 3.23. The highest BCUT2D eigenvalue weighted by Gasteiger charge is 2.24. The van der Waals surface area contributed by atoms with E-state index in [-0.39, 0.29) is 0 Å². The zero-order valence-corrected chi connectivity index (χ0v) is 16.3. The summed E-state index contributed by atoms with van der Waals surface area (Å²) < 4.78 is 5.86. The maximum Gasteiger partial charge on any atom is 0.193 e. The summed E-state index contributed by atoms with van der Waals surface area (Å²) in [6, 6.07) is 8.12. The van der Waals surface area contributed by atoms with Crippen LogP contribution in [-0.2, 0) is 0 Å². The Kier molecular flexibility index (Phi) is 7.07. The van der Waals surface area contributed by atoms with Crippen LogP contribution in [0.5, 0.6) is 5.75 Å². The molecule has 7 nitrogen and oxygen atoms in total. The summed E-state index contributed by atoms with van der Waals surface area (Å²) in [7, 11) is 0. The van der Waals surface area contributed by atoms with Gasteiger partial charge in [-0.1, -0.05) is 18.2 Å². The van der Waals surface area contributed by atoms with E-state index in [1.54, 1.807) is 6.33 Å². The molecule has 7 heteroatoms. The first-order chi connectivity index (χ1) is 13.3. The number of hydrogen-bond acceptors (Lipinski definition) is 4. The van der Waals surface area contributed by atoms with Crippen molar-refractivity contribution in [2.45, 2.75) is 39.0 Å². The highest BCUT2D eigenvalue weighted by molar-refractivity contribution is 5.80. The van der Waals surface area contributed by atoms with Gasteiger partial charge in [-0.15, -0.1) is 0 Å². The number of aliphatic imine (C=N–C) groups is 1. The second kappa shape index (κ2) is 9.94. The molecule has 0 amide bonds. The number of benzene rings is 1. The lowest BCUT2D eigenvalue weighted by molar-refractivity contribution is 0.296. The van der Waals surface area contributed by atoms with Crippen LogP contribution in [0.25, 0.3) is 0 Å². The highest BCUT2D eigenvalue weighted by atomic mass is 16.5. The number of ether oxygens (including phenoxy) is 1. The number of H-pyrrole nitrogens is 1. The van der Waals surface area contributed by atoms with E-state index in [4.69, 9.17) is 9.73 Å². The monoisotopic (exact) mass is 370 g/mol. The quantitative estimate of drug-likeness (QED) is 0.445. The topological polar surface area (TPSA) is 78.4 Å². The fourth-order valence-electron chi connectivity index (χ4n) is 3.35. The molecule has 1 aliphatic rings. The summed E-state index contributed by atoms with van der Waals surface area (Å²) >= 11 is 0. The van der Waals surface area contributed by atoms with Crippen LogP contribution in [0.15, 0.2) is 35.6 Å². The molecule has 0 bridgehead atoms. The lowest BCUT2D eigenvalue weighted by Crippen LogP contribution is -2.45. The SMILES string of the molecule is CCNC(=NCCCOc1ccccc1C)N1CCC(c2ncn[nH]2)CC1. The minimum atomic E-state index is 0.467.